The SMILES string of the molecule is CCCCCCc1ccc(C=Cc2ccccc2)cc1. The lowest BCUT2D eigenvalue weighted by atomic mass is 10.0. The van der Waals surface area contributed by atoms with Crippen LogP contribution in [-0.2, 0) is 6.42 Å². The fourth-order valence-electron chi connectivity index (χ4n) is 2.31. The zero-order valence-electron chi connectivity index (χ0n) is 12.4. The van der Waals surface area contributed by atoms with Gasteiger partial charge in [0.1, 0.15) is 0 Å². The third kappa shape index (κ3) is 5.05. The Hall–Kier alpha value is -1.82. The zero-order valence-corrected chi connectivity index (χ0v) is 12.4. The Bertz CT molecular complexity index is 505. The van der Waals surface area contributed by atoms with Crippen molar-refractivity contribution in [3.8, 4) is 0 Å². The quantitative estimate of drug-likeness (QED) is 0.426. The van der Waals surface area contributed by atoms with E-state index in [4.69, 9.17) is 0 Å². The first kappa shape index (κ1) is 14.6. The van der Waals surface area contributed by atoms with E-state index in [-0.39, 0.29) is 0 Å². The Kier molecular flexibility index (Phi) is 6.10. The van der Waals surface area contributed by atoms with Gasteiger partial charge in [0.05, 0.1) is 0 Å². The highest BCUT2D eigenvalue weighted by atomic mass is 14.0. The van der Waals surface area contributed by atoms with Crippen LogP contribution in [0.25, 0.3) is 12.2 Å². The molecular formula is C20H24. The lowest BCUT2D eigenvalue weighted by Gasteiger charge is -2.02. The molecule has 20 heavy (non-hydrogen) atoms. The molecule has 0 aliphatic rings. The van der Waals surface area contributed by atoms with E-state index in [2.05, 4.69) is 67.6 Å². The second kappa shape index (κ2) is 8.37. The van der Waals surface area contributed by atoms with Crippen LogP contribution in [0.2, 0.25) is 0 Å². The van der Waals surface area contributed by atoms with Crippen molar-refractivity contribution in [1.82, 2.24) is 0 Å². The van der Waals surface area contributed by atoms with Crippen LogP contribution in [0.1, 0.15) is 49.3 Å². The highest BCUT2D eigenvalue weighted by molar-refractivity contribution is 5.69. The Morgan fingerprint density at radius 2 is 1.35 bits per heavy atom. The van der Waals surface area contributed by atoms with Crippen LogP contribution in [0, 0.1) is 0 Å². The van der Waals surface area contributed by atoms with E-state index in [0.29, 0.717) is 0 Å². The Morgan fingerprint density at radius 3 is 2.00 bits per heavy atom. The fourth-order valence-corrected chi connectivity index (χ4v) is 2.31. The monoisotopic (exact) mass is 264 g/mol. The highest BCUT2D eigenvalue weighted by Gasteiger charge is 1.94. The van der Waals surface area contributed by atoms with Crippen molar-refractivity contribution in [3.63, 3.8) is 0 Å². The maximum atomic E-state index is 2.26. The van der Waals surface area contributed by atoms with E-state index in [9.17, 15) is 0 Å². The molecule has 2 rings (SSSR count). The molecule has 2 aromatic carbocycles. The average Bonchev–Trinajstić information content (AvgIpc) is 2.52. The third-order valence-electron chi connectivity index (χ3n) is 3.57. The first-order valence-electron chi connectivity index (χ1n) is 7.70. The molecule has 0 aromatic heterocycles. The van der Waals surface area contributed by atoms with E-state index in [1.807, 2.05) is 6.07 Å². The molecule has 0 amide bonds. The molecule has 0 aliphatic carbocycles. The van der Waals surface area contributed by atoms with E-state index in [0.717, 1.165) is 0 Å². The van der Waals surface area contributed by atoms with Gasteiger partial charge in [0.2, 0.25) is 0 Å². The van der Waals surface area contributed by atoms with E-state index in [1.54, 1.807) is 0 Å². The van der Waals surface area contributed by atoms with Crippen LogP contribution in [0.5, 0.6) is 0 Å². The molecule has 0 atom stereocenters. The molecule has 104 valence electrons. The summed E-state index contributed by atoms with van der Waals surface area (Å²) < 4.78 is 0. The normalized spacial score (nSPS) is 11.1. The summed E-state index contributed by atoms with van der Waals surface area (Å²) in [5, 5.41) is 0. The lowest BCUT2D eigenvalue weighted by molar-refractivity contribution is 0.667. The minimum Gasteiger partial charge on any atom is -0.0654 e. The van der Waals surface area contributed by atoms with Crippen molar-refractivity contribution >= 4 is 12.2 Å². The molecule has 2 aromatic rings. The zero-order chi connectivity index (χ0) is 14.0. The fraction of sp³-hybridized carbons (Fsp3) is 0.300. The lowest BCUT2D eigenvalue weighted by Crippen LogP contribution is -1.85. The predicted octanol–water partition coefficient (Wildman–Crippen LogP) is 5.98. The predicted molar refractivity (Wildman–Crippen MR) is 89.7 cm³/mol. The van der Waals surface area contributed by atoms with Crippen LogP contribution in [-0.4, -0.2) is 0 Å². The van der Waals surface area contributed by atoms with E-state index >= 15 is 0 Å². The number of unbranched alkanes of at least 4 members (excludes halogenated alkanes) is 3. The smallest absolute Gasteiger partial charge is 0.0256 e. The van der Waals surface area contributed by atoms with Crippen molar-refractivity contribution in [1.29, 1.82) is 0 Å². The molecule has 0 radical (unpaired) electrons. The first-order valence-corrected chi connectivity index (χ1v) is 7.70. The number of rotatable bonds is 7. The van der Waals surface area contributed by atoms with Crippen LogP contribution < -0.4 is 0 Å². The van der Waals surface area contributed by atoms with Crippen molar-refractivity contribution in [2.24, 2.45) is 0 Å². The molecular weight excluding hydrogens is 240 g/mol. The molecule has 0 spiro atoms. The van der Waals surface area contributed by atoms with Gasteiger partial charge in [-0.2, -0.15) is 0 Å². The summed E-state index contributed by atoms with van der Waals surface area (Å²) in [6.45, 7) is 2.26. The van der Waals surface area contributed by atoms with Gasteiger partial charge in [0.15, 0.2) is 0 Å². The maximum absolute atomic E-state index is 2.26. The second-order valence-corrected chi connectivity index (χ2v) is 5.30. The first-order chi connectivity index (χ1) is 9.88. The minimum atomic E-state index is 1.21. The van der Waals surface area contributed by atoms with Crippen molar-refractivity contribution in [3.05, 3.63) is 71.3 Å². The summed E-state index contributed by atoms with van der Waals surface area (Å²) in [6, 6.07) is 19.4. The Balaban J connectivity index is 1.87. The summed E-state index contributed by atoms with van der Waals surface area (Å²) in [6.07, 6.45) is 10.9. The highest BCUT2D eigenvalue weighted by Crippen LogP contribution is 2.12. The molecule has 0 N–H and O–H groups in total. The Labute approximate surface area is 123 Å². The van der Waals surface area contributed by atoms with Gasteiger partial charge in [-0.1, -0.05) is 92.9 Å². The summed E-state index contributed by atoms with van der Waals surface area (Å²) in [4.78, 5) is 0. The van der Waals surface area contributed by atoms with Gasteiger partial charge in [-0.15, -0.1) is 0 Å². The van der Waals surface area contributed by atoms with Gasteiger partial charge in [0, 0.05) is 0 Å². The van der Waals surface area contributed by atoms with Gasteiger partial charge in [0.25, 0.3) is 0 Å². The molecule has 0 fully saturated rings. The topological polar surface area (TPSA) is 0 Å². The molecule has 0 unspecified atom stereocenters. The van der Waals surface area contributed by atoms with Crippen molar-refractivity contribution in [2.75, 3.05) is 0 Å². The molecule has 0 saturated carbocycles. The van der Waals surface area contributed by atoms with E-state index < -0.39 is 0 Å². The van der Waals surface area contributed by atoms with Crippen LogP contribution in [0.15, 0.2) is 54.6 Å². The van der Waals surface area contributed by atoms with E-state index in [1.165, 1.54) is 48.8 Å². The van der Waals surface area contributed by atoms with Gasteiger partial charge in [-0.25, -0.2) is 0 Å². The summed E-state index contributed by atoms with van der Waals surface area (Å²) in [5.74, 6) is 0. The summed E-state index contributed by atoms with van der Waals surface area (Å²) >= 11 is 0. The van der Waals surface area contributed by atoms with Crippen LogP contribution >= 0.6 is 0 Å². The number of hydrogen-bond acceptors (Lipinski definition) is 0. The number of benzene rings is 2. The van der Waals surface area contributed by atoms with Crippen LogP contribution in [0.4, 0.5) is 0 Å². The molecule has 0 heterocycles. The molecule has 0 aliphatic heterocycles. The number of aryl methyl sites for hydroxylation is 1. The van der Waals surface area contributed by atoms with Gasteiger partial charge >= 0.3 is 0 Å². The van der Waals surface area contributed by atoms with Crippen molar-refractivity contribution < 1.29 is 0 Å². The maximum Gasteiger partial charge on any atom is -0.0256 e. The van der Waals surface area contributed by atoms with Crippen molar-refractivity contribution in [2.45, 2.75) is 39.0 Å². The largest absolute Gasteiger partial charge is 0.0654 e. The molecule has 0 bridgehead atoms. The Morgan fingerprint density at radius 1 is 0.700 bits per heavy atom. The second-order valence-electron chi connectivity index (χ2n) is 5.30. The average molecular weight is 264 g/mol. The number of hydrogen-bond donors (Lipinski definition) is 0. The van der Waals surface area contributed by atoms with Gasteiger partial charge in [-0.05, 0) is 29.5 Å². The molecule has 0 saturated heterocycles. The third-order valence-corrected chi connectivity index (χ3v) is 3.57. The van der Waals surface area contributed by atoms with Gasteiger partial charge in [-0.3, -0.25) is 0 Å². The van der Waals surface area contributed by atoms with Crippen LogP contribution in [0.3, 0.4) is 0 Å². The van der Waals surface area contributed by atoms with Gasteiger partial charge < -0.3 is 0 Å². The summed E-state index contributed by atoms with van der Waals surface area (Å²) in [5.41, 5.74) is 3.97. The molecule has 0 nitrogen and oxygen atoms in total. The standard InChI is InChI=1S/C20H24/c1-2-3-4-6-11-19-13-16-20(17-14-19)15-12-18-9-7-5-8-10-18/h5,7-10,12-17H,2-4,6,11H2,1H3. The minimum absolute atomic E-state index is 1.21. The molecule has 0 heteroatoms. The summed E-state index contributed by atoms with van der Waals surface area (Å²) in [7, 11) is 0.